The summed E-state index contributed by atoms with van der Waals surface area (Å²) in [7, 11) is 1.87. The van der Waals surface area contributed by atoms with E-state index in [4.69, 9.17) is 14.7 Å². The highest BCUT2D eigenvalue weighted by Gasteiger charge is 2.19. The Morgan fingerprint density at radius 2 is 1.96 bits per heavy atom. The minimum absolute atomic E-state index is 0.376. The van der Waals surface area contributed by atoms with Crippen LogP contribution < -0.4 is 10.6 Å². The Morgan fingerprint density at radius 1 is 1.19 bits per heavy atom. The highest BCUT2D eigenvalue weighted by atomic mass is 16.5. The average molecular weight is 367 g/mol. The van der Waals surface area contributed by atoms with E-state index >= 15 is 0 Å². The van der Waals surface area contributed by atoms with Crippen LogP contribution in [0.25, 0.3) is 16.6 Å². The van der Waals surface area contributed by atoms with Gasteiger partial charge in [0.2, 0.25) is 0 Å². The van der Waals surface area contributed by atoms with Crippen molar-refractivity contribution in [2.75, 3.05) is 30.9 Å². The monoisotopic (exact) mass is 367 g/mol. The van der Waals surface area contributed by atoms with Gasteiger partial charge in [-0.05, 0) is 38.7 Å². The van der Waals surface area contributed by atoms with Crippen LogP contribution >= 0.6 is 0 Å². The van der Waals surface area contributed by atoms with Crippen molar-refractivity contribution < 1.29 is 4.74 Å². The molecule has 144 valence electrons. The van der Waals surface area contributed by atoms with Gasteiger partial charge in [0.15, 0.2) is 5.82 Å². The first-order valence-electron chi connectivity index (χ1n) is 9.72. The van der Waals surface area contributed by atoms with Gasteiger partial charge in [-0.3, -0.25) is 0 Å². The van der Waals surface area contributed by atoms with Gasteiger partial charge in [0.05, 0.1) is 5.69 Å². The third kappa shape index (κ3) is 4.11. The topological polar surface area (TPSA) is 72.0 Å². The molecule has 2 aromatic heterocycles. The largest absolute Gasteiger partial charge is 0.381 e. The zero-order chi connectivity index (χ0) is 19.2. The third-order valence-corrected chi connectivity index (χ3v) is 4.87. The van der Waals surface area contributed by atoms with Gasteiger partial charge >= 0.3 is 0 Å². The Kier molecular flexibility index (Phi) is 6.40. The second-order valence-electron chi connectivity index (χ2n) is 6.62. The van der Waals surface area contributed by atoms with E-state index < -0.39 is 0 Å². The van der Waals surface area contributed by atoms with Crippen LogP contribution in [0.1, 0.15) is 44.9 Å². The van der Waals surface area contributed by atoms with Gasteiger partial charge in [-0.2, -0.15) is 0 Å². The standard InChI is InChI=1S/C21H29N5O/c1-5-8-14(6-2)16-13-23-21(22-4)19-18(16)26-20(17(7-3)25-19)24-15-9-11-27-12-10-15/h5-6,8,13,15H,7,9-12H2,1-4H3,(H,22,23)(H,24,26)/b8-5-,14-6+. The van der Waals surface area contributed by atoms with Crippen LogP contribution in [0.3, 0.4) is 0 Å². The molecule has 6 heteroatoms. The molecule has 2 N–H and O–H groups in total. The molecule has 0 aliphatic carbocycles. The van der Waals surface area contributed by atoms with E-state index in [9.17, 15) is 0 Å². The van der Waals surface area contributed by atoms with Crippen molar-refractivity contribution in [3.05, 3.63) is 35.7 Å². The summed E-state index contributed by atoms with van der Waals surface area (Å²) in [5.74, 6) is 1.63. The van der Waals surface area contributed by atoms with Gasteiger partial charge in [0.25, 0.3) is 0 Å². The van der Waals surface area contributed by atoms with E-state index in [-0.39, 0.29) is 0 Å². The zero-order valence-electron chi connectivity index (χ0n) is 16.7. The molecular formula is C21H29N5O. The molecule has 1 aliphatic heterocycles. The van der Waals surface area contributed by atoms with Crippen LogP contribution in [0, 0.1) is 0 Å². The Bertz CT molecular complexity index is 853. The number of aromatic nitrogens is 3. The Labute approximate surface area is 161 Å². The van der Waals surface area contributed by atoms with Crippen molar-refractivity contribution in [2.45, 2.75) is 46.1 Å². The van der Waals surface area contributed by atoms with Gasteiger partial charge in [0.1, 0.15) is 16.9 Å². The lowest BCUT2D eigenvalue weighted by molar-refractivity contribution is 0.0903. The summed E-state index contributed by atoms with van der Waals surface area (Å²) in [4.78, 5) is 14.5. The molecule has 6 nitrogen and oxygen atoms in total. The van der Waals surface area contributed by atoms with Crippen molar-refractivity contribution in [2.24, 2.45) is 0 Å². The fourth-order valence-electron chi connectivity index (χ4n) is 3.39. The van der Waals surface area contributed by atoms with Crippen molar-refractivity contribution >= 4 is 28.2 Å². The number of nitrogens with one attached hydrogen (secondary N) is 2. The van der Waals surface area contributed by atoms with E-state index in [1.165, 1.54) is 0 Å². The van der Waals surface area contributed by atoms with Crippen molar-refractivity contribution in [1.29, 1.82) is 0 Å². The summed E-state index contributed by atoms with van der Waals surface area (Å²) in [6.07, 6.45) is 10.9. The molecule has 2 aromatic rings. The molecule has 1 fully saturated rings. The lowest BCUT2D eigenvalue weighted by Crippen LogP contribution is -2.29. The van der Waals surface area contributed by atoms with Crippen LogP contribution in [0.5, 0.6) is 0 Å². The number of aryl methyl sites for hydroxylation is 1. The number of fused-ring (bicyclic) bond motifs is 1. The molecular weight excluding hydrogens is 338 g/mol. The predicted molar refractivity (Wildman–Crippen MR) is 112 cm³/mol. The quantitative estimate of drug-likeness (QED) is 0.746. The van der Waals surface area contributed by atoms with Crippen LogP contribution in [0.4, 0.5) is 11.6 Å². The molecule has 0 aromatic carbocycles. The van der Waals surface area contributed by atoms with Gasteiger partial charge < -0.3 is 15.4 Å². The summed E-state index contributed by atoms with van der Waals surface area (Å²) in [6.45, 7) is 7.74. The number of pyridine rings is 1. The van der Waals surface area contributed by atoms with Gasteiger partial charge in [-0.15, -0.1) is 0 Å². The van der Waals surface area contributed by atoms with Crippen LogP contribution in [-0.2, 0) is 11.2 Å². The maximum atomic E-state index is 5.48. The van der Waals surface area contributed by atoms with E-state index in [0.29, 0.717) is 6.04 Å². The fourth-order valence-corrected chi connectivity index (χ4v) is 3.39. The maximum absolute atomic E-state index is 5.48. The van der Waals surface area contributed by atoms with E-state index in [1.54, 1.807) is 0 Å². The normalized spacial score (nSPS) is 16.2. The SMILES string of the molecule is C/C=C\C(=C/C)c1cnc(NC)c2nc(CC)c(NC3CCOCC3)nc12. The van der Waals surface area contributed by atoms with Crippen molar-refractivity contribution in [1.82, 2.24) is 15.0 Å². The minimum atomic E-state index is 0.376. The number of rotatable bonds is 6. The molecule has 0 atom stereocenters. The molecule has 1 aliphatic rings. The zero-order valence-corrected chi connectivity index (χ0v) is 16.7. The molecule has 0 bridgehead atoms. The lowest BCUT2D eigenvalue weighted by Gasteiger charge is -2.25. The second kappa shape index (κ2) is 8.95. The van der Waals surface area contributed by atoms with Crippen LogP contribution in [0.15, 0.2) is 24.4 Å². The number of hydrogen-bond donors (Lipinski definition) is 2. The smallest absolute Gasteiger partial charge is 0.153 e. The average Bonchev–Trinajstić information content (AvgIpc) is 2.71. The summed E-state index contributed by atoms with van der Waals surface area (Å²) < 4.78 is 5.48. The summed E-state index contributed by atoms with van der Waals surface area (Å²) in [6, 6.07) is 0.376. The van der Waals surface area contributed by atoms with Gasteiger partial charge in [0, 0.05) is 38.1 Å². The molecule has 27 heavy (non-hydrogen) atoms. The first kappa shape index (κ1) is 19.3. The molecule has 0 spiro atoms. The summed E-state index contributed by atoms with van der Waals surface area (Å²) >= 11 is 0. The lowest BCUT2D eigenvalue weighted by atomic mass is 10.0. The Hall–Kier alpha value is -2.47. The van der Waals surface area contributed by atoms with E-state index in [2.05, 4.69) is 34.7 Å². The number of anilines is 2. The van der Waals surface area contributed by atoms with Crippen molar-refractivity contribution in [3.63, 3.8) is 0 Å². The number of allylic oxidation sites excluding steroid dienone is 4. The molecule has 3 rings (SSSR count). The highest BCUT2D eigenvalue weighted by molar-refractivity contribution is 5.96. The summed E-state index contributed by atoms with van der Waals surface area (Å²) in [5, 5.41) is 6.76. The van der Waals surface area contributed by atoms with Gasteiger partial charge in [-0.25, -0.2) is 15.0 Å². The predicted octanol–water partition coefficient (Wildman–Crippen LogP) is 4.20. The first-order chi connectivity index (χ1) is 13.2. The minimum Gasteiger partial charge on any atom is -0.381 e. The molecule has 1 saturated heterocycles. The maximum Gasteiger partial charge on any atom is 0.153 e. The van der Waals surface area contributed by atoms with Crippen molar-refractivity contribution in [3.8, 4) is 0 Å². The van der Waals surface area contributed by atoms with Gasteiger partial charge in [-0.1, -0.05) is 25.2 Å². The molecule has 0 unspecified atom stereocenters. The first-order valence-corrected chi connectivity index (χ1v) is 9.72. The molecule has 0 saturated carbocycles. The molecule has 0 radical (unpaired) electrons. The Morgan fingerprint density at radius 3 is 2.59 bits per heavy atom. The summed E-state index contributed by atoms with van der Waals surface area (Å²) in [5.41, 5.74) is 4.74. The third-order valence-electron chi connectivity index (χ3n) is 4.87. The Balaban J connectivity index is 2.15. The number of hydrogen-bond acceptors (Lipinski definition) is 6. The molecule has 0 amide bonds. The number of nitrogens with zero attached hydrogens (tertiary/aromatic N) is 3. The van der Waals surface area contributed by atoms with E-state index in [0.717, 1.165) is 72.0 Å². The van der Waals surface area contributed by atoms with Crippen LogP contribution in [-0.4, -0.2) is 41.3 Å². The molecule has 3 heterocycles. The highest BCUT2D eigenvalue weighted by Crippen LogP contribution is 2.30. The van der Waals surface area contributed by atoms with E-state index in [1.807, 2.05) is 33.2 Å². The number of ether oxygens (including phenoxy) is 1. The fraction of sp³-hybridized carbons (Fsp3) is 0.476. The van der Waals surface area contributed by atoms with Crippen LogP contribution in [0.2, 0.25) is 0 Å². The second-order valence-corrected chi connectivity index (χ2v) is 6.62.